The zero-order valence-corrected chi connectivity index (χ0v) is 59.6. The van der Waals surface area contributed by atoms with Gasteiger partial charge in [-0.15, -0.1) is 0 Å². The van der Waals surface area contributed by atoms with Crippen LogP contribution < -0.4 is 16.4 Å². The lowest BCUT2D eigenvalue weighted by atomic mass is 9.38. The van der Waals surface area contributed by atoms with E-state index >= 15 is 0 Å². The van der Waals surface area contributed by atoms with Gasteiger partial charge in [-0.3, -0.25) is 9.79 Å². The summed E-state index contributed by atoms with van der Waals surface area (Å²) in [4.78, 5) is 42.6. The normalized spacial score (nSPS) is 24.0. The molecule has 88 heavy (non-hydrogen) atoms. The van der Waals surface area contributed by atoms with Crippen molar-refractivity contribution in [2.75, 3.05) is 14.2 Å². The standard InChI is InChI=1S/C25H29ClFN3O5S.C25H27ClFN3O4S.C9H27O4PSi3/c1-23(2,28)20(21(31)35-3)29-22(32)24-13-25(14-24,15-24)30(12-16-9-10-18(26)19(27)11-16)36(33,34)17-7-5-4-6-8-17;1-23(2)20(21(31)34-3)28-22(29-23)24-13-25(14-24,15-24)30(12-16-9-10-18(26)19(27)11-16)35(32,33)17-7-5-4-6-8-17;1-15(2,3)11-14(10,12-16(4,5)6)13-17(7,8)9/h4-11,20H,12-15,28H2,1-3H3,(H,29,32);4-11,20H,12-15H2,1-3H3,(H,28,29);1-9H3/t2*20-,24?,25?;/m00./s1. The van der Waals surface area contributed by atoms with Crippen LogP contribution in [0.2, 0.25) is 69.0 Å². The number of rotatable bonds is 22. The summed E-state index contributed by atoms with van der Waals surface area (Å²) in [5.41, 5.74) is 2.85. The number of carbonyl (C=O) groups excluding carboxylic acids is 3. The largest absolute Gasteiger partial charge is 0.467 e. The van der Waals surface area contributed by atoms with E-state index in [1.807, 2.05) is 72.8 Å². The van der Waals surface area contributed by atoms with E-state index < -0.39 is 116 Å². The Balaban J connectivity index is 0.000000201. The molecule has 4 bridgehead atoms. The number of nitrogens with zero attached hydrogens (tertiary/aromatic N) is 3. The molecule has 0 saturated heterocycles. The summed E-state index contributed by atoms with van der Waals surface area (Å²) in [5.74, 6) is -1.93. The third-order valence-corrected chi connectivity index (χ3v) is 29.5. The highest BCUT2D eigenvalue weighted by Gasteiger charge is 2.76. The van der Waals surface area contributed by atoms with Gasteiger partial charge in [-0.05, 0) is 185 Å². The molecule has 4 N–H and O–H groups in total. The summed E-state index contributed by atoms with van der Waals surface area (Å²) < 4.78 is 126. The lowest BCUT2D eigenvalue weighted by Gasteiger charge is -2.73. The molecule has 29 heteroatoms. The number of benzene rings is 4. The third kappa shape index (κ3) is 15.6. The van der Waals surface area contributed by atoms with E-state index in [0.717, 1.165) is 5.84 Å². The van der Waals surface area contributed by atoms with Crippen molar-refractivity contribution in [2.24, 2.45) is 21.6 Å². The van der Waals surface area contributed by atoms with Crippen molar-refractivity contribution in [3.8, 4) is 0 Å². The molecule has 7 aliphatic rings. The Kier molecular flexibility index (Phi) is 20.5. The van der Waals surface area contributed by atoms with E-state index in [-0.39, 0.29) is 63.5 Å². The molecular formula is C59H83Cl2F2N6O13PS2Si3. The smallest absolute Gasteiger partial charge is 0.445 e. The number of carbonyl (C=O) groups is 3. The van der Waals surface area contributed by atoms with Crippen LogP contribution in [0.25, 0.3) is 0 Å². The summed E-state index contributed by atoms with van der Waals surface area (Å²) in [5, 5.41) is 6.02. The zero-order chi connectivity index (χ0) is 65.9. The number of hydrogen-bond donors (Lipinski definition) is 3. The van der Waals surface area contributed by atoms with Gasteiger partial charge in [0, 0.05) is 35.1 Å². The molecule has 0 radical (unpaired) electrons. The van der Waals surface area contributed by atoms with E-state index in [1.54, 1.807) is 74.5 Å². The highest BCUT2D eigenvalue weighted by Crippen LogP contribution is 2.72. The molecule has 0 unspecified atom stereocenters. The van der Waals surface area contributed by atoms with Crippen LogP contribution in [-0.4, -0.2) is 123 Å². The van der Waals surface area contributed by atoms with Gasteiger partial charge < -0.3 is 38.5 Å². The first-order valence-electron chi connectivity index (χ1n) is 28.7. The number of aliphatic imine (C=N–C) groups is 1. The third-order valence-electron chi connectivity index (χ3n) is 15.7. The van der Waals surface area contributed by atoms with Crippen molar-refractivity contribution < 1.29 is 66.7 Å². The van der Waals surface area contributed by atoms with Crippen molar-refractivity contribution in [3.05, 3.63) is 130 Å². The molecule has 6 fully saturated rings. The minimum atomic E-state index is -3.97. The maximum Gasteiger partial charge on any atom is 0.445 e. The lowest BCUT2D eigenvalue weighted by Crippen LogP contribution is -2.79. The van der Waals surface area contributed by atoms with Crippen molar-refractivity contribution in [1.82, 2.24) is 19.2 Å². The molecule has 484 valence electrons. The molecule has 0 spiro atoms. The molecule has 1 heterocycles. The quantitative estimate of drug-likeness (QED) is 0.0376. The number of amides is 1. The van der Waals surface area contributed by atoms with E-state index in [1.165, 1.54) is 59.2 Å². The van der Waals surface area contributed by atoms with Gasteiger partial charge in [0.25, 0.3) is 0 Å². The van der Waals surface area contributed by atoms with Gasteiger partial charge in [0.1, 0.15) is 23.5 Å². The van der Waals surface area contributed by atoms with Crippen LogP contribution in [0.15, 0.2) is 112 Å². The second kappa shape index (κ2) is 25.3. The Morgan fingerprint density at radius 2 is 1.08 bits per heavy atom. The molecule has 11 rings (SSSR count). The van der Waals surface area contributed by atoms with Crippen LogP contribution >= 0.6 is 31.0 Å². The molecule has 4 aromatic carbocycles. The first kappa shape index (κ1) is 71.2. The molecule has 19 nitrogen and oxygen atoms in total. The molecule has 6 saturated carbocycles. The van der Waals surface area contributed by atoms with Crippen LogP contribution in [-0.2, 0) is 74.2 Å². The van der Waals surface area contributed by atoms with Gasteiger partial charge >= 0.3 is 19.8 Å². The fraction of sp³-hybridized carbons (Fsp3) is 0.525. The second-order valence-electron chi connectivity index (χ2n) is 27.8. The molecule has 2 atom stereocenters. The average molecular weight is 1370 g/mol. The zero-order valence-electron chi connectivity index (χ0n) is 52.6. The Morgan fingerprint density at radius 1 is 0.693 bits per heavy atom. The summed E-state index contributed by atoms with van der Waals surface area (Å²) in [6.07, 6.45) is 2.51. The number of nitrogens with two attached hydrogens (primary N) is 1. The number of hydrogen-bond acceptors (Lipinski definition) is 16. The first-order chi connectivity index (χ1) is 40.3. The first-order valence-corrected chi connectivity index (χ1v) is 44.0. The number of sulfonamides is 2. The fourth-order valence-corrected chi connectivity index (χ4v) is 25.3. The molecular weight excluding hydrogens is 1290 g/mol. The monoisotopic (exact) mass is 1370 g/mol. The molecule has 1 amide bonds. The average Bonchev–Trinajstić information content (AvgIpc) is 0.853. The number of methoxy groups -OCH3 is 2. The van der Waals surface area contributed by atoms with Gasteiger partial charge in [0.05, 0.1) is 45.0 Å². The van der Waals surface area contributed by atoms with Gasteiger partial charge in [-0.2, -0.15) is 8.61 Å². The molecule has 1 aliphatic heterocycles. The number of esters is 2. The minimum Gasteiger partial charge on any atom is -0.467 e. The summed E-state index contributed by atoms with van der Waals surface area (Å²) >= 11 is 11.6. The Hall–Kier alpha value is -4.26. The maximum absolute atomic E-state index is 14.2. The topological polar surface area (TPSA) is 252 Å². The Bertz CT molecular complexity index is 3520. The Morgan fingerprint density at radius 3 is 1.42 bits per heavy atom. The highest BCUT2D eigenvalue weighted by atomic mass is 35.5. The van der Waals surface area contributed by atoms with Gasteiger partial charge in [0.15, 0.2) is 31.0 Å². The fourth-order valence-electron chi connectivity index (χ4n) is 12.0. The van der Waals surface area contributed by atoms with Crippen molar-refractivity contribution in [2.45, 2.75) is 182 Å². The summed E-state index contributed by atoms with van der Waals surface area (Å²) in [7, 11) is -14.6. The second-order valence-corrected chi connectivity index (χ2v) is 48.1. The number of nitrogens with one attached hydrogen (secondary N) is 2. The predicted molar refractivity (Wildman–Crippen MR) is 343 cm³/mol. The van der Waals surface area contributed by atoms with E-state index in [2.05, 4.69) is 15.6 Å². The van der Waals surface area contributed by atoms with Gasteiger partial charge in [-0.1, -0.05) is 71.7 Å². The summed E-state index contributed by atoms with van der Waals surface area (Å²) in [6, 6.07) is 23.1. The van der Waals surface area contributed by atoms with Crippen molar-refractivity contribution in [3.63, 3.8) is 0 Å². The summed E-state index contributed by atoms with van der Waals surface area (Å²) in [6.45, 7) is 24.8. The van der Waals surface area contributed by atoms with E-state index in [0.29, 0.717) is 30.4 Å². The van der Waals surface area contributed by atoms with Crippen molar-refractivity contribution >= 4 is 99.7 Å². The SMILES string of the molecule is COC(=O)[C@@H]1N=C(C23CC(N(Cc4ccc(Cl)c(F)c4)S(=O)(=O)c4ccccc4)(C2)C3)NC1(C)C.COC(=O)[C@H](NC(=O)C12CC(N(Cc3ccc(Cl)c(F)c3)S(=O)(=O)c3ccccc3)(C1)C2)C(C)(C)N.C[Si](C)(C)OP(=O)(O[Si](C)(C)C)O[Si](C)(C)C. The number of halogens is 4. The maximum atomic E-state index is 14.2. The van der Waals surface area contributed by atoms with E-state index in [9.17, 15) is 44.6 Å². The minimum absolute atomic E-state index is 0.0104. The number of phosphoric acid groups is 1. The highest BCUT2D eigenvalue weighted by molar-refractivity contribution is 7.89. The lowest BCUT2D eigenvalue weighted by molar-refractivity contribution is -0.203. The van der Waals surface area contributed by atoms with Crippen LogP contribution in [0, 0.1) is 22.5 Å². The van der Waals surface area contributed by atoms with Gasteiger partial charge in [-0.25, -0.2) is 39.8 Å². The number of amidine groups is 1. The van der Waals surface area contributed by atoms with Crippen LogP contribution in [0.3, 0.4) is 0 Å². The molecule has 0 aromatic heterocycles. The molecule has 4 aromatic rings. The van der Waals surface area contributed by atoms with Crippen LogP contribution in [0.1, 0.15) is 77.3 Å². The number of ether oxygens (including phenoxy) is 2. The van der Waals surface area contributed by atoms with Crippen molar-refractivity contribution in [1.29, 1.82) is 0 Å². The van der Waals surface area contributed by atoms with E-state index in [4.69, 9.17) is 51.0 Å². The Labute approximate surface area is 530 Å². The van der Waals surface area contributed by atoms with Crippen LogP contribution in [0.5, 0.6) is 0 Å². The predicted octanol–water partition coefficient (Wildman–Crippen LogP) is 11.6. The van der Waals surface area contributed by atoms with Crippen LogP contribution in [0.4, 0.5) is 8.78 Å². The molecule has 6 aliphatic carbocycles. The van der Waals surface area contributed by atoms with Gasteiger partial charge in [0.2, 0.25) is 26.0 Å².